The molecule has 2 saturated heterocycles. The molecule has 0 bridgehead atoms. The predicted octanol–water partition coefficient (Wildman–Crippen LogP) is 1.00. The van der Waals surface area contributed by atoms with Gasteiger partial charge in [0.15, 0.2) is 6.61 Å². The summed E-state index contributed by atoms with van der Waals surface area (Å²) in [6.07, 6.45) is 0. The lowest BCUT2D eigenvalue weighted by atomic mass is 9.96. The minimum atomic E-state index is -0.763. The fourth-order valence-corrected chi connectivity index (χ4v) is 5.06. The van der Waals surface area contributed by atoms with Gasteiger partial charge in [0.2, 0.25) is 5.91 Å². The number of β-lactam (4-membered cyclic amide) rings is 1. The molecule has 0 saturated carbocycles. The van der Waals surface area contributed by atoms with Crippen LogP contribution in [0.3, 0.4) is 0 Å². The highest BCUT2D eigenvalue weighted by Gasteiger charge is 2.65. The van der Waals surface area contributed by atoms with Crippen molar-refractivity contribution in [2.45, 2.75) is 29.1 Å². The van der Waals surface area contributed by atoms with Gasteiger partial charge in [-0.15, -0.1) is 23.4 Å². The van der Waals surface area contributed by atoms with Crippen LogP contribution in [0.1, 0.15) is 6.92 Å². The standard InChI is InChI=1S/C17H19ClN2O5S/c1-17(9-18)13(16(23)24-2)20-14(22)12(15(20)26-17)19-11(21)8-25-10-6-4-3-5-7-10/h3-7,12-13,15H,8-9H2,1-2H3,(H,19,21)/t12-,13+,15-,17+/m1/s1. The number of thioether (sulfide) groups is 1. The van der Waals surface area contributed by atoms with Crippen LogP contribution in [-0.4, -0.2) is 64.5 Å². The van der Waals surface area contributed by atoms with E-state index in [1.807, 2.05) is 13.0 Å². The summed E-state index contributed by atoms with van der Waals surface area (Å²) in [6.45, 7) is 1.62. The van der Waals surface area contributed by atoms with E-state index in [9.17, 15) is 14.4 Å². The number of carbonyl (C=O) groups is 3. The molecule has 2 aliphatic heterocycles. The Kier molecular flexibility index (Phi) is 5.34. The van der Waals surface area contributed by atoms with Crippen molar-refractivity contribution in [3.05, 3.63) is 30.3 Å². The van der Waals surface area contributed by atoms with Crippen molar-refractivity contribution in [2.75, 3.05) is 19.6 Å². The lowest BCUT2D eigenvalue weighted by molar-refractivity contribution is -0.162. The third-order valence-electron chi connectivity index (χ3n) is 4.45. The first-order chi connectivity index (χ1) is 12.4. The third-order valence-corrected chi connectivity index (χ3v) is 6.81. The molecule has 9 heteroatoms. The van der Waals surface area contributed by atoms with E-state index >= 15 is 0 Å². The Labute approximate surface area is 160 Å². The number of carbonyl (C=O) groups excluding carboxylic acids is 3. The molecule has 0 spiro atoms. The molecule has 4 atom stereocenters. The van der Waals surface area contributed by atoms with Gasteiger partial charge in [0.05, 0.1) is 11.9 Å². The number of fused-ring (bicyclic) bond motifs is 1. The summed E-state index contributed by atoms with van der Waals surface area (Å²) in [4.78, 5) is 38.2. The van der Waals surface area contributed by atoms with Crippen LogP contribution < -0.4 is 10.1 Å². The first-order valence-corrected chi connectivity index (χ1v) is 9.43. The van der Waals surface area contributed by atoms with Crippen molar-refractivity contribution in [3.63, 3.8) is 0 Å². The number of methoxy groups -OCH3 is 1. The average molecular weight is 399 g/mol. The van der Waals surface area contributed by atoms with Crippen molar-refractivity contribution in [1.29, 1.82) is 0 Å². The van der Waals surface area contributed by atoms with Crippen LogP contribution in [-0.2, 0) is 19.1 Å². The van der Waals surface area contributed by atoms with Crippen LogP contribution in [0.25, 0.3) is 0 Å². The summed E-state index contributed by atoms with van der Waals surface area (Å²) >= 11 is 7.45. The van der Waals surface area contributed by atoms with Gasteiger partial charge >= 0.3 is 5.97 Å². The van der Waals surface area contributed by atoms with Gasteiger partial charge < -0.3 is 19.7 Å². The van der Waals surface area contributed by atoms with Gasteiger partial charge in [0.25, 0.3) is 5.91 Å². The number of alkyl halides is 1. The zero-order valence-electron chi connectivity index (χ0n) is 14.3. The maximum absolute atomic E-state index is 12.5. The number of nitrogens with one attached hydrogen (secondary N) is 1. The normalized spacial score (nSPS) is 29.6. The Morgan fingerprint density at radius 3 is 2.65 bits per heavy atom. The number of hydrogen-bond donors (Lipinski definition) is 1. The van der Waals surface area contributed by atoms with Gasteiger partial charge in [-0.05, 0) is 19.1 Å². The molecular weight excluding hydrogens is 380 g/mol. The van der Waals surface area contributed by atoms with Gasteiger partial charge in [-0.25, -0.2) is 4.79 Å². The lowest BCUT2D eigenvalue weighted by Gasteiger charge is -2.43. The molecular formula is C17H19ClN2O5S. The van der Waals surface area contributed by atoms with Crippen LogP contribution in [0.4, 0.5) is 0 Å². The number of esters is 1. The number of benzene rings is 1. The highest BCUT2D eigenvalue weighted by Crippen LogP contribution is 2.51. The van der Waals surface area contributed by atoms with Gasteiger partial charge in [0, 0.05) is 5.88 Å². The number of halogens is 1. The summed E-state index contributed by atoms with van der Waals surface area (Å²) in [5.41, 5.74) is 0. The van der Waals surface area contributed by atoms with Gasteiger partial charge in [-0.1, -0.05) is 18.2 Å². The molecule has 7 nitrogen and oxygen atoms in total. The fourth-order valence-electron chi connectivity index (χ4n) is 3.11. The van der Waals surface area contributed by atoms with E-state index in [-0.39, 0.29) is 23.8 Å². The van der Waals surface area contributed by atoms with Gasteiger partial charge in [-0.3, -0.25) is 9.59 Å². The first-order valence-electron chi connectivity index (χ1n) is 8.02. The molecule has 26 heavy (non-hydrogen) atoms. The lowest BCUT2D eigenvalue weighted by Crippen LogP contribution is -2.71. The summed E-state index contributed by atoms with van der Waals surface area (Å²) in [5, 5.41) is 2.33. The van der Waals surface area contributed by atoms with Crippen LogP contribution in [0.15, 0.2) is 30.3 Å². The van der Waals surface area contributed by atoms with E-state index in [1.165, 1.54) is 23.8 Å². The molecule has 1 aromatic carbocycles. The minimum absolute atomic E-state index is 0.176. The zero-order valence-corrected chi connectivity index (χ0v) is 15.9. The van der Waals surface area contributed by atoms with Crippen molar-refractivity contribution in [3.8, 4) is 5.75 Å². The second-order valence-corrected chi connectivity index (χ2v) is 8.19. The van der Waals surface area contributed by atoms with Crippen molar-refractivity contribution in [1.82, 2.24) is 10.2 Å². The Balaban J connectivity index is 1.62. The third kappa shape index (κ3) is 3.23. The molecule has 0 unspecified atom stereocenters. The van der Waals surface area contributed by atoms with Gasteiger partial charge in [0.1, 0.15) is 23.2 Å². The minimum Gasteiger partial charge on any atom is -0.484 e. The fraction of sp³-hybridized carbons (Fsp3) is 0.471. The average Bonchev–Trinajstić information content (AvgIpc) is 2.95. The maximum atomic E-state index is 12.5. The van der Waals surface area contributed by atoms with Crippen LogP contribution >= 0.6 is 23.4 Å². The van der Waals surface area contributed by atoms with E-state index in [4.69, 9.17) is 21.1 Å². The summed E-state index contributed by atoms with van der Waals surface area (Å²) < 4.78 is 9.54. The van der Waals surface area contributed by atoms with Crippen molar-refractivity contribution >= 4 is 41.1 Å². The smallest absolute Gasteiger partial charge is 0.330 e. The largest absolute Gasteiger partial charge is 0.484 e. The number of nitrogens with zero attached hydrogens (tertiary/aromatic N) is 1. The van der Waals surface area contributed by atoms with E-state index in [2.05, 4.69) is 5.32 Å². The monoisotopic (exact) mass is 398 g/mol. The SMILES string of the molecule is COC(=O)[C@@H]1N2C(=O)[C@@H](NC(=O)COc3ccccc3)[C@H]2S[C@@]1(C)CCl. The molecule has 3 rings (SSSR count). The number of ether oxygens (including phenoxy) is 2. The Morgan fingerprint density at radius 2 is 2.04 bits per heavy atom. The van der Waals surface area contributed by atoms with Crippen LogP contribution in [0, 0.1) is 0 Å². The van der Waals surface area contributed by atoms with E-state index in [0.717, 1.165) is 0 Å². The predicted molar refractivity (Wildman–Crippen MR) is 97.0 cm³/mol. The van der Waals surface area contributed by atoms with E-state index in [0.29, 0.717) is 5.75 Å². The Morgan fingerprint density at radius 1 is 1.35 bits per heavy atom. The zero-order chi connectivity index (χ0) is 18.9. The number of hydrogen-bond acceptors (Lipinski definition) is 6. The molecule has 1 N–H and O–H groups in total. The molecule has 0 aliphatic carbocycles. The molecule has 0 radical (unpaired) electrons. The Bertz CT molecular complexity index is 718. The molecule has 0 aromatic heterocycles. The second-order valence-electron chi connectivity index (χ2n) is 6.27. The van der Waals surface area contributed by atoms with Gasteiger partial charge in [-0.2, -0.15) is 0 Å². The number of para-hydroxylation sites is 1. The number of rotatable bonds is 6. The number of amides is 2. The molecule has 2 fully saturated rings. The molecule has 2 heterocycles. The molecule has 140 valence electrons. The highest BCUT2D eigenvalue weighted by molar-refractivity contribution is 8.01. The van der Waals surface area contributed by atoms with Crippen molar-refractivity contribution < 1.29 is 23.9 Å². The highest BCUT2D eigenvalue weighted by atomic mass is 35.5. The van der Waals surface area contributed by atoms with E-state index in [1.54, 1.807) is 24.3 Å². The topological polar surface area (TPSA) is 84.9 Å². The van der Waals surface area contributed by atoms with Crippen LogP contribution in [0.2, 0.25) is 0 Å². The Hall–Kier alpha value is -1.93. The molecule has 1 aromatic rings. The van der Waals surface area contributed by atoms with E-state index < -0.39 is 28.7 Å². The van der Waals surface area contributed by atoms with Crippen LogP contribution in [0.5, 0.6) is 5.75 Å². The maximum Gasteiger partial charge on any atom is 0.330 e. The summed E-state index contributed by atoms with van der Waals surface area (Å²) in [7, 11) is 1.28. The molecule has 2 aliphatic rings. The molecule has 2 amide bonds. The summed E-state index contributed by atoms with van der Waals surface area (Å²) in [5.74, 6) is -0.481. The second kappa shape index (κ2) is 7.36. The first kappa shape index (κ1) is 18.8. The van der Waals surface area contributed by atoms with Crippen molar-refractivity contribution in [2.24, 2.45) is 0 Å². The quantitative estimate of drug-likeness (QED) is 0.437. The summed E-state index contributed by atoms with van der Waals surface area (Å²) in [6, 6.07) is 7.46.